The lowest BCUT2D eigenvalue weighted by atomic mass is 9.98. The van der Waals surface area contributed by atoms with E-state index in [-0.39, 0.29) is 16.7 Å². The maximum Gasteiger partial charge on any atom is 0.281 e. The smallest absolute Gasteiger partial charge is 0.281 e. The molecule has 1 amide bonds. The molecule has 0 spiro atoms. The third kappa shape index (κ3) is 5.09. The first-order valence-corrected chi connectivity index (χ1v) is 11.8. The number of sulfonamides is 1. The van der Waals surface area contributed by atoms with Gasteiger partial charge in [-0.3, -0.25) is 4.79 Å². The molecular weight excluding hydrogens is 404 g/mol. The van der Waals surface area contributed by atoms with Crippen LogP contribution in [-0.2, 0) is 20.2 Å². The second-order valence-corrected chi connectivity index (χ2v) is 11.4. The van der Waals surface area contributed by atoms with Crippen molar-refractivity contribution in [3.63, 3.8) is 0 Å². The molecule has 1 N–H and O–H groups in total. The van der Waals surface area contributed by atoms with Crippen LogP contribution in [-0.4, -0.2) is 83.5 Å². The summed E-state index contributed by atoms with van der Waals surface area (Å²) in [5.41, 5.74) is 0.380. The van der Waals surface area contributed by atoms with Crippen molar-refractivity contribution in [2.24, 2.45) is 5.92 Å². The summed E-state index contributed by atoms with van der Waals surface area (Å²) < 4.78 is 52.1. The van der Waals surface area contributed by atoms with Crippen molar-refractivity contribution >= 4 is 26.1 Å². The Morgan fingerprint density at radius 1 is 1.00 bits per heavy atom. The van der Waals surface area contributed by atoms with Crippen LogP contribution in [0.1, 0.15) is 23.2 Å². The van der Waals surface area contributed by atoms with Gasteiger partial charge in [-0.25, -0.2) is 12.7 Å². The van der Waals surface area contributed by atoms with Gasteiger partial charge in [0.05, 0.1) is 4.90 Å². The topological polar surface area (TPSA) is 107 Å². The fourth-order valence-electron chi connectivity index (χ4n) is 2.90. The number of carbonyl (C=O) groups is 1. The van der Waals surface area contributed by atoms with Crippen molar-refractivity contribution in [2.75, 3.05) is 47.8 Å². The summed E-state index contributed by atoms with van der Waals surface area (Å²) in [4.78, 5) is 12.4. The number of piperidine rings is 1. The molecule has 11 heteroatoms. The molecule has 1 aromatic rings. The molecule has 0 aliphatic carbocycles. The normalized spacial score (nSPS) is 17.2. The number of nitrogens with one attached hydrogen (secondary N) is 1. The average Bonchev–Trinajstić information content (AvgIpc) is 2.66. The van der Waals surface area contributed by atoms with Crippen molar-refractivity contribution in [3.8, 4) is 0 Å². The van der Waals surface area contributed by atoms with Crippen LogP contribution < -0.4 is 5.32 Å². The van der Waals surface area contributed by atoms with Gasteiger partial charge in [-0.2, -0.15) is 17.0 Å². The summed E-state index contributed by atoms with van der Waals surface area (Å²) in [7, 11) is -1.00. The van der Waals surface area contributed by atoms with Gasteiger partial charge in [0.1, 0.15) is 0 Å². The summed E-state index contributed by atoms with van der Waals surface area (Å²) in [6.07, 6.45) is 1.35. The number of hydrogen-bond acceptors (Lipinski definition) is 5. The summed E-state index contributed by atoms with van der Waals surface area (Å²) in [6, 6.07) is 5.79. The van der Waals surface area contributed by atoms with Gasteiger partial charge in [0.2, 0.25) is 10.0 Å². The van der Waals surface area contributed by atoms with E-state index < -0.39 is 20.2 Å². The minimum Gasteiger partial charge on any atom is -0.352 e. The highest BCUT2D eigenvalue weighted by Gasteiger charge is 2.29. The minimum atomic E-state index is -3.53. The Morgan fingerprint density at radius 2 is 1.54 bits per heavy atom. The summed E-state index contributed by atoms with van der Waals surface area (Å²) in [5.74, 6) is -0.0805. The number of amides is 1. The first-order valence-electron chi connectivity index (χ1n) is 8.94. The molecule has 1 saturated heterocycles. The second-order valence-electron chi connectivity index (χ2n) is 7.15. The van der Waals surface area contributed by atoms with E-state index in [0.29, 0.717) is 38.0 Å². The molecular formula is C17H28N4O5S2. The summed E-state index contributed by atoms with van der Waals surface area (Å²) in [6.45, 7) is 1.31. The van der Waals surface area contributed by atoms with E-state index in [1.165, 1.54) is 61.1 Å². The van der Waals surface area contributed by atoms with Gasteiger partial charge in [-0.05, 0) is 43.0 Å². The maximum absolute atomic E-state index is 12.3. The van der Waals surface area contributed by atoms with Crippen LogP contribution in [0.5, 0.6) is 0 Å². The second kappa shape index (κ2) is 8.87. The third-order valence-electron chi connectivity index (χ3n) is 4.81. The van der Waals surface area contributed by atoms with Crippen LogP contribution in [0, 0.1) is 5.92 Å². The molecule has 1 aliphatic heterocycles. The largest absolute Gasteiger partial charge is 0.352 e. The van der Waals surface area contributed by atoms with Crippen LogP contribution in [0.25, 0.3) is 0 Å². The first kappa shape index (κ1) is 22.8. The third-order valence-corrected chi connectivity index (χ3v) is 8.58. The van der Waals surface area contributed by atoms with Crippen LogP contribution in [0.15, 0.2) is 29.2 Å². The molecule has 0 radical (unpaired) electrons. The molecule has 0 unspecified atom stereocenters. The molecule has 158 valence electrons. The Hall–Kier alpha value is -1.53. The Balaban J connectivity index is 1.88. The lowest BCUT2D eigenvalue weighted by molar-refractivity contribution is 0.0941. The Bertz CT molecular complexity index is 888. The molecule has 9 nitrogen and oxygen atoms in total. The number of hydrogen-bond donors (Lipinski definition) is 1. The molecule has 0 aromatic heterocycles. The van der Waals surface area contributed by atoms with Gasteiger partial charge in [-0.15, -0.1) is 0 Å². The highest BCUT2D eigenvalue weighted by atomic mass is 32.2. The molecule has 0 saturated carbocycles. The minimum absolute atomic E-state index is 0.128. The predicted octanol–water partition coefficient (Wildman–Crippen LogP) is 0.185. The highest BCUT2D eigenvalue weighted by Crippen LogP contribution is 2.20. The van der Waals surface area contributed by atoms with Gasteiger partial charge < -0.3 is 5.32 Å². The van der Waals surface area contributed by atoms with Gasteiger partial charge in [0.25, 0.3) is 16.1 Å². The fraction of sp³-hybridized carbons (Fsp3) is 0.588. The van der Waals surface area contributed by atoms with Crippen molar-refractivity contribution < 1.29 is 21.6 Å². The maximum atomic E-state index is 12.3. The summed E-state index contributed by atoms with van der Waals surface area (Å²) in [5, 5.41) is 2.85. The molecule has 28 heavy (non-hydrogen) atoms. The zero-order valence-electron chi connectivity index (χ0n) is 16.6. The van der Waals surface area contributed by atoms with E-state index in [1.54, 1.807) is 0 Å². The molecule has 2 rings (SSSR count). The van der Waals surface area contributed by atoms with Crippen LogP contribution in [0.2, 0.25) is 0 Å². The Morgan fingerprint density at radius 3 is 2.00 bits per heavy atom. The number of carbonyl (C=O) groups excluding carboxylic acids is 1. The SMILES string of the molecule is CN(C)S(=O)(=O)c1ccc(C(=O)NCC2CCN(S(=O)(=O)N(C)C)CC2)cc1. The zero-order valence-corrected chi connectivity index (χ0v) is 18.3. The predicted molar refractivity (Wildman–Crippen MR) is 107 cm³/mol. The number of nitrogens with zero attached hydrogens (tertiary/aromatic N) is 3. The molecule has 1 heterocycles. The highest BCUT2D eigenvalue weighted by molar-refractivity contribution is 7.89. The fourth-order valence-corrected chi connectivity index (χ4v) is 4.94. The zero-order chi connectivity index (χ0) is 21.1. The molecule has 0 atom stereocenters. The molecule has 1 aliphatic rings. The number of benzene rings is 1. The van der Waals surface area contributed by atoms with E-state index in [1.807, 2.05) is 0 Å². The lowest BCUT2D eigenvalue weighted by Crippen LogP contribution is -2.45. The molecule has 1 fully saturated rings. The quantitative estimate of drug-likeness (QED) is 0.662. The van der Waals surface area contributed by atoms with Crippen molar-refractivity contribution in [2.45, 2.75) is 17.7 Å². The van der Waals surface area contributed by atoms with Crippen molar-refractivity contribution in [3.05, 3.63) is 29.8 Å². The van der Waals surface area contributed by atoms with Gasteiger partial charge in [0.15, 0.2) is 0 Å². The van der Waals surface area contributed by atoms with E-state index in [2.05, 4.69) is 5.32 Å². The van der Waals surface area contributed by atoms with E-state index in [4.69, 9.17) is 0 Å². The molecule has 1 aromatic carbocycles. The van der Waals surface area contributed by atoms with Gasteiger partial charge in [-0.1, -0.05) is 0 Å². The van der Waals surface area contributed by atoms with Crippen molar-refractivity contribution in [1.29, 1.82) is 0 Å². The van der Waals surface area contributed by atoms with Crippen LogP contribution in [0.4, 0.5) is 0 Å². The Kier molecular flexibility index (Phi) is 7.21. The lowest BCUT2D eigenvalue weighted by Gasteiger charge is -2.32. The standard InChI is InChI=1S/C17H28N4O5S2/c1-19(2)27(23,24)16-7-5-15(6-8-16)17(22)18-13-14-9-11-21(12-10-14)28(25,26)20(3)4/h5-8,14H,9-13H2,1-4H3,(H,18,22). The number of rotatable bonds is 7. The van der Waals surface area contributed by atoms with Crippen molar-refractivity contribution in [1.82, 2.24) is 18.2 Å². The molecule has 0 bridgehead atoms. The summed E-state index contributed by atoms with van der Waals surface area (Å²) >= 11 is 0. The average molecular weight is 433 g/mol. The monoisotopic (exact) mass is 432 g/mol. The van der Waals surface area contributed by atoms with Gasteiger partial charge >= 0.3 is 0 Å². The van der Waals surface area contributed by atoms with Crippen LogP contribution in [0.3, 0.4) is 0 Å². The van der Waals surface area contributed by atoms with E-state index >= 15 is 0 Å². The van der Waals surface area contributed by atoms with E-state index in [0.717, 1.165) is 4.31 Å². The Labute approximate surface area is 167 Å². The van der Waals surface area contributed by atoms with Gasteiger partial charge in [0, 0.05) is 53.4 Å². The van der Waals surface area contributed by atoms with E-state index in [9.17, 15) is 21.6 Å². The van der Waals surface area contributed by atoms with Crippen LogP contribution >= 0.6 is 0 Å². The first-order chi connectivity index (χ1) is 13.0.